The van der Waals surface area contributed by atoms with E-state index in [1.807, 2.05) is 30.3 Å². The number of nitrogens with zero attached hydrogens (tertiary/aromatic N) is 2. The van der Waals surface area contributed by atoms with Gasteiger partial charge in [0.05, 0.1) is 0 Å². The van der Waals surface area contributed by atoms with Crippen molar-refractivity contribution in [3.8, 4) is 0 Å². The predicted molar refractivity (Wildman–Crippen MR) is 99.4 cm³/mol. The summed E-state index contributed by atoms with van der Waals surface area (Å²) in [7, 11) is 0. The minimum atomic E-state index is -0.186. The zero-order chi connectivity index (χ0) is 17.5. The Morgan fingerprint density at radius 2 is 1.68 bits per heavy atom. The number of rotatable bonds is 7. The monoisotopic (exact) mass is 356 g/mol. The maximum Gasteiger partial charge on any atom is 0.224 e. The lowest BCUT2D eigenvalue weighted by Gasteiger charge is -2.09. The van der Waals surface area contributed by atoms with Crippen LogP contribution in [0.3, 0.4) is 0 Å². The zero-order valence-corrected chi connectivity index (χ0v) is 14.3. The standard InChI is InChI=1S/C19H18ClFN4/c20-16-7-3-1-6-15(16)13-24-19-23-12-10-18(25-19)22-11-9-14-5-2-4-8-17(14)21/h1-8,10,12H,9,11,13H2,(H2,22,23,24,25). The maximum absolute atomic E-state index is 13.6. The van der Waals surface area contributed by atoms with Gasteiger partial charge in [0.2, 0.25) is 5.95 Å². The van der Waals surface area contributed by atoms with Crippen LogP contribution >= 0.6 is 11.6 Å². The van der Waals surface area contributed by atoms with Crippen LogP contribution in [0.15, 0.2) is 60.8 Å². The highest BCUT2D eigenvalue weighted by molar-refractivity contribution is 6.31. The molecular weight excluding hydrogens is 339 g/mol. The number of halogens is 2. The minimum absolute atomic E-state index is 0.186. The largest absolute Gasteiger partial charge is 0.370 e. The molecule has 0 bridgehead atoms. The van der Waals surface area contributed by atoms with Gasteiger partial charge in [0, 0.05) is 24.3 Å². The first-order valence-corrected chi connectivity index (χ1v) is 8.38. The Labute approximate surface area is 151 Å². The molecular formula is C19H18ClFN4. The summed E-state index contributed by atoms with van der Waals surface area (Å²) >= 11 is 6.14. The third-order valence-corrected chi connectivity index (χ3v) is 4.08. The van der Waals surface area contributed by atoms with E-state index in [9.17, 15) is 4.39 Å². The van der Waals surface area contributed by atoms with Crippen molar-refractivity contribution in [3.63, 3.8) is 0 Å². The van der Waals surface area contributed by atoms with Crippen LogP contribution in [0.25, 0.3) is 0 Å². The van der Waals surface area contributed by atoms with Crippen molar-refractivity contribution in [1.29, 1.82) is 0 Å². The van der Waals surface area contributed by atoms with Crippen molar-refractivity contribution in [2.45, 2.75) is 13.0 Å². The highest BCUT2D eigenvalue weighted by Gasteiger charge is 2.03. The number of hydrogen-bond acceptors (Lipinski definition) is 4. The number of hydrogen-bond donors (Lipinski definition) is 2. The molecule has 25 heavy (non-hydrogen) atoms. The quantitative estimate of drug-likeness (QED) is 0.652. The molecule has 0 aliphatic rings. The van der Waals surface area contributed by atoms with E-state index in [4.69, 9.17) is 11.6 Å². The second kappa shape index (κ2) is 8.44. The van der Waals surface area contributed by atoms with Gasteiger partial charge in [0.1, 0.15) is 11.6 Å². The molecule has 2 N–H and O–H groups in total. The van der Waals surface area contributed by atoms with E-state index >= 15 is 0 Å². The van der Waals surface area contributed by atoms with E-state index in [1.54, 1.807) is 24.4 Å². The number of anilines is 2. The van der Waals surface area contributed by atoms with E-state index in [1.165, 1.54) is 6.07 Å². The molecule has 0 atom stereocenters. The second-order valence-corrected chi connectivity index (χ2v) is 5.89. The molecule has 3 rings (SSSR count). The summed E-state index contributed by atoms with van der Waals surface area (Å²) in [4.78, 5) is 8.60. The lowest BCUT2D eigenvalue weighted by Crippen LogP contribution is -2.09. The fourth-order valence-corrected chi connectivity index (χ4v) is 2.59. The predicted octanol–water partition coefficient (Wildman–Crippen LogP) is 4.54. The van der Waals surface area contributed by atoms with Gasteiger partial charge in [-0.3, -0.25) is 0 Å². The highest BCUT2D eigenvalue weighted by Crippen LogP contribution is 2.16. The molecule has 0 radical (unpaired) electrons. The van der Waals surface area contributed by atoms with Gasteiger partial charge in [-0.15, -0.1) is 0 Å². The van der Waals surface area contributed by atoms with Crippen molar-refractivity contribution in [1.82, 2.24) is 9.97 Å². The maximum atomic E-state index is 13.6. The number of nitrogens with one attached hydrogen (secondary N) is 2. The summed E-state index contributed by atoms with van der Waals surface area (Å²) in [5.41, 5.74) is 1.66. The van der Waals surface area contributed by atoms with Crippen LogP contribution in [0.1, 0.15) is 11.1 Å². The molecule has 0 aliphatic heterocycles. The van der Waals surface area contributed by atoms with Gasteiger partial charge in [-0.1, -0.05) is 48.0 Å². The molecule has 1 heterocycles. The van der Waals surface area contributed by atoms with Crippen molar-refractivity contribution >= 4 is 23.4 Å². The molecule has 0 fully saturated rings. The Balaban J connectivity index is 1.54. The first kappa shape index (κ1) is 17.2. The summed E-state index contributed by atoms with van der Waals surface area (Å²) in [5, 5.41) is 7.04. The molecule has 6 heteroatoms. The van der Waals surface area contributed by atoms with Gasteiger partial charge in [0.15, 0.2) is 0 Å². The Hall–Kier alpha value is -2.66. The Kier molecular flexibility index (Phi) is 5.80. The molecule has 128 valence electrons. The van der Waals surface area contributed by atoms with Crippen LogP contribution in [0.2, 0.25) is 5.02 Å². The number of benzene rings is 2. The first-order chi connectivity index (χ1) is 12.2. The lowest BCUT2D eigenvalue weighted by molar-refractivity contribution is 0.610. The Bertz CT molecular complexity index is 841. The van der Waals surface area contributed by atoms with Gasteiger partial charge in [0.25, 0.3) is 0 Å². The van der Waals surface area contributed by atoms with Gasteiger partial charge in [-0.25, -0.2) is 9.37 Å². The SMILES string of the molecule is Fc1ccccc1CCNc1ccnc(NCc2ccccc2Cl)n1. The van der Waals surface area contributed by atoms with Crippen LogP contribution in [0.4, 0.5) is 16.2 Å². The molecule has 1 aromatic heterocycles. The molecule has 2 aromatic carbocycles. The van der Waals surface area contributed by atoms with Gasteiger partial charge in [-0.2, -0.15) is 4.98 Å². The molecule has 3 aromatic rings. The summed E-state index contributed by atoms with van der Waals surface area (Å²) in [6.45, 7) is 1.13. The first-order valence-electron chi connectivity index (χ1n) is 8.00. The molecule has 0 saturated heterocycles. The summed E-state index contributed by atoms with van der Waals surface area (Å²) < 4.78 is 13.6. The minimum Gasteiger partial charge on any atom is -0.370 e. The van der Waals surface area contributed by atoms with Gasteiger partial charge >= 0.3 is 0 Å². The zero-order valence-electron chi connectivity index (χ0n) is 13.5. The van der Waals surface area contributed by atoms with Crippen molar-refractivity contribution in [2.24, 2.45) is 0 Å². The second-order valence-electron chi connectivity index (χ2n) is 5.48. The molecule has 0 spiro atoms. The van der Waals surface area contributed by atoms with Crippen LogP contribution in [0.5, 0.6) is 0 Å². The molecule has 0 aliphatic carbocycles. The topological polar surface area (TPSA) is 49.8 Å². The third kappa shape index (κ3) is 4.90. The molecule has 4 nitrogen and oxygen atoms in total. The fourth-order valence-electron chi connectivity index (χ4n) is 2.38. The number of aromatic nitrogens is 2. The van der Waals surface area contributed by atoms with Crippen LogP contribution in [0, 0.1) is 5.82 Å². The van der Waals surface area contributed by atoms with Crippen molar-refractivity contribution < 1.29 is 4.39 Å². The van der Waals surface area contributed by atoms with Crippen LogP contribution < -0.4 is 10.6 Å². The van der Waals surface area contributed by atoms with E-state index in [-0.39, 0.29) is 5.82 Å². The Morgan fingerprint density at radius 1 is 0.920 bits per heavy atom. The van der Waals surface area contributed by atoms with E-state index < -0.39 is 0 Å². The summed E-state index contributed by atoms with van der Waals surface area (Å²) in [6.07, 6.45) is 2.26. The normalized spacial score (nSPS) is 10.5. The highest BCUT2D eigenvalue weighted by atomic mass is 35.5. The van der Waals surface area contributed by atoms with Gasteiger partial charge in [-0.05, 0) is 35.7 Å². The smallest absolute Gasteiger partial charge is 0.224 e. The van der Waals surface area contributed by atoms with Crippen LogP contribution in [-0.2, 0) is 13.0 Å². The molecule has 0 saturated carbocycles. The van der Waals surface area contributed by atoms with Crippen molar-refractivity contribution in [3.05, 3.63) is 82.8 Å². The van der Waals surface area contributed by atoms with Crippen molar-refractivity contribution in [2.75, 3.05) is 17.2 Å². The fraction of sp³-hybridized carbons (Fsp3) is 0.158. The lowest BCUT2D eigenvalue weighted by atomic mass is 10.1. The summed E-state index contributed by atoms with van der Waals surface area (Å²) in [6, 6.07) is 16.2. The van der Waals surface area contributed by atoms with E-state index in [0.717, 1.165) is 5.56 Å². The average Bonchev–Trinajstić information content (AvgIpc) is 2.63. The van der Waals surface area contributed by atoms with E-state index in [2.05, 4.69) is 20.6 Å². The average molecular weight is 357 g/mol. The Morgan fingerprint density at radius 3 is 2.48 bits per heavy atom. The molecule has 0 unspecified atom stereocenters. The third-order valence-electron chi connectivity index (χ3n) is 3.71. The summed E-state index contributed by atoms with van der Waals surface area (Å²) in [5.74, 6) is 1.01. The van der Waals surface area contributed by atoms with E-state index in [0.29, 0.717) is 41.9 Å². The van der Waals surface area contributed by atoms with Gasteiger partial charge < -0.3 is 10.6 Å². The van der Waals surface area contributed by atoms with Crippen LogP contribution in [-0.4, -0.2) is 16.5 Å². The molecule has 0 amide bonds.